The normalized spacial score (nSPS) is 26.2. The SMILES string of the molecule is CCOC(=O)c1ccc(N2C(=O)C3C(C2=O)[C@@H]2C[C@H]3C3Sc4[nH]c(=O)sc4[C@H](c4ccc(OCC(=O)Nc5ccc(C)cc5)cc4)C32)cc1. The Morgan fingerprint density at radius 1 is 0.918 bits per heavy atom. The molecule has 3 aromatic carbocycles. The highest BCUT2D eigenvalue weighted by Crippen LogP contribution is 2.68. The van der Waals surface area contributed by atoms with Crippen molar-refractivity contribution in [2.45, 2.75) is 36.5 Å². The molecule has 4 aromatic rings. The average Bonchev–Trinajstić information content (AvgIpc) is 3.84. The summed E-state index contributed by atoms with van der Waals surface area (Å²) in [5.41, 5.74) is 3.61. The summed E-state index contributed by atoms with van der Waals surface area (Å²) in [5.74, 6) is -1.59. The molecule has 0 spiro atoms. The van der Waals surface area contributed by atoms with Gasteiger partial charge < -0.3 is 19.8 Å². The van der Waals surface area contributed by atoms with Gasteiger partial charge in [-0.05, 0) is 92.1 Å². The number of hydrogen-bond acceptors (Lipinski definition) is 9. The molecule has 1 saturated heterocycles. The van der Waals surface area contributed by atoms with E-state index >= 15 is 0 Å². The maximum Gasteiger partial charge on any atom is 0.338 e. The number of hydrogen-bond donors (Lipinski definition) is 2. The van der Waals surface area contributed by atoms with E-state index < -0.39 is 17.8 Å². The number of fused-ring (bicyclic) bond motifs is 9. The van der Waals surface area contributed by atoms with Crippen molar-refractivity contribution in [1.82, 2.24) is 4.98 Å². The van der Waals surface area contributed by atoms with Gasteiger partial charge in [-0.25, -0.2) is 4.79 Å². The van der Waals surface area contributed by atoms with E-state index in [0.717, 1.165) is 27.5 Å². The maximum absolute atomic E-state index is 14.1. The molecule has 2 N–H and O–H groups in total. The third-order valence-corrected chi connectivity index (χ3v) is 12.9. The van der Waals surface area contributed by atoms with Crippen LogP contribution in [0.4, 0.5) is 11.4 Å². The molecule has 10 nitrogen and oxygen atoms in total. The molecular weight excluding hydrogens is 663 g/mol. The number of nitrogens with zero attached hydrogens (tertiary/aromatic N) is 1. The fraction of sp³-hybridized carbons (Fsp3) is 0.324. The van der Waals surface area contributed by atoms with Crippen molar-refractivity contribution < 1.29 is 28.7 Å². The quantitative estimate of drug-likeness (QED) is 0.179. The van der Waals surface area contributed by atoms with Crippen LogP contribution >= 0.6 is 23.1 Å². The van der Waals surface area contributed by atoms with Gasteiger partial charge in [-0.3, -0.25) is 24.1 Å². The van der Waals surface area contributed by atoms with Crippen LogP contribution in [0, 0.1) is 36.5 Å². The van der Waals surface area contributed by atoms with Crippen LogP contribution < -0.4 is 19.8 Å². The molecule has 7 atom stereocenters. The second-order valence-electron chi connectivity index (χ2n) is 13.0. The summed E-state index contributed by atoms with van der Waals surface area (Å²) in [6, 6.07) is 21.6. The first-order valence-electron chi connectivity index (χ1n) is 16.4. The van der Waals surface area contributed by atoms with Crippen molar-refractivity contribution in [2.75, 3.05) is 23.4 Å². The molecule has 2 aliphatic carbocycles. The number of aryl methyl sites for hydroxylation is 1. The van der Waals surface area contributed by atoms with Crippen LogP contribution in [0.2, 0.25) is 0 Å². The van der Waals surface area contributed by atoms with E-state index in [1.54, 1.807) is 43.0 Å². The third-order valence-electron chi connectivity index (χ3n) is 10.3. The number of thiazole rings is 1. The Kier molecular flexibility index (Phi) is 7.95. The minimum Gasteiger partial charge on any atom is -0.484 e. The molecule has 0 radical (unpaired) electrons. The first-order valence-corrected chi connectivity index (χ1v) is 18.1. The number of rotatable bonds is 8. The molecule has 8 rings (SSSR count). The fourth-order valence-corrected chi connectivity index (χ4v) is 11.2. The van der Waals surface area contributed by atoms with Crippen molar-refractivity contribution in [2.24, 2.45) is 29.6 Å². The summed E-state index contributed by atoms with van der Waals surface area (Å²) >= 11 is 2.84. The number of thioether (sulfide) groups is 1. The minimum atomic E-state index is -0.455. The number of carbonyl (C=O) groups is 4. The van der Waals surface area contributed by atoms with E-state index in [2.05, 4.69) is 10.3 Å². The second kappa shape index (κ2) is 12.3. The highest BCUT2D eigenvalue weighted by atomic mass is 32.2. The molecule has 4 unspecified atom stereocenters. The van der Waals surface area contributed by atoms with E-state index in [9.17, 15) is 24.0 Å². The monoisotopic (exact) mass is 695 g/mol. The van der Waals surface area contributed by atoms with E-state index in [1.165, 1.54) is 16.2 Å². The Labute approximate surface area is 290 Å². The predicted molar refractivity (Wildman–Crippen MR) is 185 cm³/mol. The van der Waals surface area contributed by atoms with Crippen LogP contribution in [0.25, 0.3) is 0 Å². The molecule has 250 valence electrons. The van der Waals surface area contributed by atoms with Crippen LogP contribution in [-0.2, 0) is 19.1 Å². The van der Waals surface area contributed by atoms with Gasteiger partial charge >= 0.3 is 10.8 Å². The largest absolute Gasteiger partial charge is 0.484 e. The van der Waals surface area contributed by atoms with Gasteiger partial charge in [-0.2, -0.15) is 0 Å². The van der Waals surface area contributed by atoms with Crippen LogP contribution in [-0.4, -0.2) is 47.1 Å². The number of anilines is 2. The molecule has 2 aliphatic heterocycles. The van der Waals surface area contributed by atoms with Gasteiger partial charge in [-0.1, -0.05) is 41.2 Å². The number of benzene rings is 3. The summed E-state index contributed by atoms with van der Waals surface area (Å²) in [6.07, 6.45) is 0.776. The summed E-state index contributed by atoms with van der Waals surface area (Å²) in [7, 11) is 0. The summed E-state index contributed by atoms with van der Waals surface area (Å²) in [6.45, 7) is 3.82. The number of imide groups is 1. The van der Waals surface area contributed by atoms with Gasteiger partial charge in [0.1, 0.15) is 5.75 Å². The zero-order valence-corrected chi connectivity index (χ0v) is 28.3. The van der Waals surface area contributed by atoms with E-state index in [0.29, 0.717) is 22.7 Å². The summed E-state index contributed by atoms with van der Waals surface area (Å²) in [4.78, 5) is 70.5. The van der Waals surface area contributed by atoms with Gasteiger partial charge in [0, 0.05) is 21.7 Å². The molecule has 3 fully saturated rings. The zero-order valence-electron chi connectivity index (χ0n) is 26.7. The number of ether oxygens (including phenoxy) is 2. The van der Waals surface area contributed by atoms with Crippen molar-refractivity contribution in [1.29, 1.82) is 0 Å². The van der Waals surface area contributed by atoms with Crippen LogP contribution in [0.5, 0.6) is 5.75 Å². The number of amides is 3. The Morgan fingerprint density at radius 3 is 2.31 bits per heavy atom. The van der Waals surface area contributed by atoms with Gasteiger partial charge in [0.15, 0.2) is 6.61 Å². The van der Waals surface area contributed by atoms with Crippen LogP contribution in [0.1, 0.15) is 45.6 Å². The van der Waals surface area contributed by atoms with Crippen molar-refractivity contribution in [3.05, 3.63) is 104 Å². The lowest BCUT2D eigenvalue weighted by Crippen LogP contribution is -2.42. The number of carbonyl (C=O) groups excluding carboxylic acids is 4. The molecule has 12 heteroatoms. The molecular formula is C37H33N3O7S2. The number of esters is 1. The first kappa shape index (κ1) is 31.6. The fourth-order valence-electron chi connectivity index (χ4n) is 8.36. The van der Waals surface area contributed by atoms with Crippen molar-refractivity contribution in [3.63, 3.8) is 0 Å². The maximum atomic E-state index is 14.1. The smallest absolute Gasteiger partial charge is 0.338 e. The van der Waals surface area contributed by atoms with Crippen molar-refractivity contribution >= 4 is 58.2 Å². The first-order chi connectivity index (χ1) is 23.7. The average molecular weight is 696 g/mol. The molecule has 2 bridgehead atoms. The predicted octanol–water partition coefficient (Wildman–Crippen LogP) is 5.62. The molecule has 1 aromatic heterocycles. The van der Waals surface area contributed by atoms with Crippen molar-refractivity contribution in [3.8, 4) is 5.75 Å². The highest BCUT2D eigenvalue weighted by Gasteiger charge is 2.69. The number of nitrogens with one attached hydrogen (secondary N) is 2. The van der Waals surface area contributed by atoms with Gasteiger partial charge in [0.25, 0.3) is 5.91 Å². The minimum absolute atomic E-state index is 0.0149. The molecule has 3 amide bonds. The van der Waals surface area contributed by atoms with E-state index in [1.807, 2.05) is 55.5 Å². The summed E-state index contributed by atoms with van der Waals surface area (Å²) < 4.78 is 10.9. The second-order valence-corrected chi connectivity index (χ2v) is 15.2. The summed E-state index contributed by atoms with van der Waals surface area (Å²) in [5, 5.41) is 3.72. The molecule has 4 aliphatic rings. The zero-order chi connectivity index (χ0) is 34.0. The Hall–Kier alpha value is -4.68. The van der Waals surface area contributed by atoms with Crippen LogP contribution in [0.3, 0.4) is 0 Å². The topological polar surface area (TPSA) is 135 Å². The Balaban J connectivity index is 1.03. The molecule has 2 saturated carbocycles. The number of aromatic amines is 1. The Bertz CT molecular complexity index is 2020. The lowest BCUT2D eigenvalue weighted by Gasteiger charge is -2.43. The lowest BCUT2D eigenvalue weighted by atomic mass is 9.68. The van der Waals surface area contributed by atoms with Crippen LogP contribution in [0.15, 0.2) is 82.6 Å². The van der Waals surface area contributed by atoms with E-state index in [-0.39, 0.29) is 64.7 Å². The van der Waals surface area contributed by atoms with Gasteiger partial charge in [0.05, 0.1) is 34.7 Å². The number of H-pyrrole nitrogens is 1. The molecule has 49 heavy (non-hydrogen) atoms. The number of aromatic nitrogens is 1. The Morgan fingerprint density at radius 2 is 1.61 bits per heavy atom. The standard InChI is InChI=1S/C37H33N3O7S2/c1-3-46-36(44)20-6-12-22(13-7-20)40-34(42)29-24-16-25(30(29)35(40)43)31-28(24)27(32-33(48-31)39-37(45)49-32)19-8-14-23(15-9-19)47-17-26(41)38-21-10-4-18(2)5-11-21/h4-15,24-25,27-31H,3,16-17H2,1-2H3,(H,38,41)(H,39,45)/t24-,25-,27-,28?,29?,30?,31?/m1/s1. The van der Waals surface area contributed by atoms with Gasteiger partial charge in [-0.15, -0.1) is 11.8 Å². The van der Waals surface area contributed by atoms with E-state index in [4.69, 9.17) is 9.47 Å². The highest BCUT2D eigenvalue weighted by molar-refractivity contribution is 8.00. The van der Waals surface area contributed by atoms with Gasteiger partial charge in [0.2, 0.25) is 11.8 Å². The lowest BCUT2D eigenvalue weighted by molar-refractivity contribution is -0.123. The third kappa shape index (κ3) is 5.37. The molecule has 3 heterocycles.